The summed E-state index contributed by atoms with van der Waals surface area (Å²) in [6, 6.07) is 6.91. The predicted octanol–water partition coefficient (Wildman–Crippen LogP) is 4.31. The highest BCUT2D eigenvalue weighted by atomic mass is 79.9. The summed E-state index contributed by atoms with van der Waals surface area (Å²) in [7, 11) is 4.50. The molecule has 0 unspecified atom stereocenters. The fraction of sp³-hybridized carbons (Fsp3) is 0.278. The minimum atomic E-state index is -0.497. The molecule has 0 fully saturated rings. The predicted molar refractivity (Wildman–Crippen MR) is 94.7 cm³/mol. The van der Waals surface area contributed by atoms with E-state index in [0.717, 1.165) is 15.6 Å². The summed E-state index contributed by atoms with van der Waals surface area (Å²) in [5.41, 5.74) is 2.04. The second kappa shape index (κ2) is 7.57. The largest absolute Gasteiger partial charge is 0.493 e. The molecule has 128 valence electrons. The smallest absolute Gasteiger partial charge is 0.343 e. The summed E-state index contributed by atoms with van der Waals surface area (Å²) in [6.07, 6.45) is 0. The molecule has 0 aliphatic rings. The van der Waals surface area contributed by atoms with E-state index >= 15 is 0 Å². The van der Waals surface area contributed by atoms with Crippen LogP contribution in [0.1, 0.15) is 21.5 Å². The number of methoxy groups -OCH3 is 3. The van der Waals surface area contributed by atoms with Crippen LogP contribution in [0.25, 0.3) is 0 Å². The maximum Gasteiger partial charge on any atom is 0.343 e. The molecule has 2 aromatic carbocycles. The Kier molecular flexibility index (Phi) is 5.72. The summed E-state index contributed by atoms with van der Waals surface area (Å²) >= 11 is 3.42. The molecule has 0 saturated carbocycles. The molecule has 0 saturated heterocycles. The molecule has 0 N–H and O–H groups in total. The molecule has 6 heteroatoms. The third kappa shape index (κ3) is 3.64. The SMILES string of the molecule is COc1cc(C(=O)Oc2c(C)cc(Br)cc2C)cc(OC)c1OC. The molecule has 0 spiro atoms. The van der Waals surface area contributed by atoms with E-state index in [2.05, 4.69) is 15.9 Å². The van der Waals surface area contributed by atoms with Gasteiger partial charge in [0.15, 0.2) is 11.5 Å². The van der Waals surface area contributed by atoms with Crippen LogP contribution in [0.2, 0.25) is 0 Å². The molecule has 0 aliphatic carbocycles. The molecule has 24 heavy (non-hydrogen) atoms. The first-order chi connectivity index (χ1) is 11.4. The van der Waals surface area contributed by atoms with Crippen molar-refractivity contribution in [3.63, 3.8) is 0 Å². The normalized spacial score (nSPS) is 10.2. The number of esters is 1. The van der Waals surface area contributed by atoms with Crippen LogP contribution >= 0.6 is 15.9 Å². The molecule has 0 aromatic heterocycles. The van der Waals surface area contributed by atoms with Crippen molar-refractivity contribution in [1.82, 2.24) is 0 Å². The minimum Gasteiger partial charge on any atom is -0.493 e. The monoisotopic (exact) mass is 394 g/mol. The van der Waals surface area contributed by atoms with Crippen molar-refractivity contribution in [1.29, 1.82) is 0 Å². The number of benzene rings is 2. The Bertz CT molecular complexity index is 722. The van der Waals surface area contributed by atoms with Gasteiger partial charge in [-0.2, -0.15) is 0 Å². The summed E-state index contributed by atoms with van der Waals surface area (Å²) in [5.74, 6) is 1.26. The van der Waals surface area contributed by atoms with Gasteiger partial charge in [0.1, 0.15) is 5.75 Å². The third-order valence-electron chi connectivity index (χ3n) is 3.52. The van der Waals surface area contributed by atoms with Gasteiger partial charge < -0.3 is 18.9 Å². The van der Waals surface area contributed by atoms with Gasteiger partial charge in [-0.25, -0.2) is 4.79 Å². The average molecular weight is 395 g/mol. The first-order valence-corrected chi connectivity index (χ1v) is 7.99. The van der Waals surface area contributed by atoms with E-state index in [1.54, 1.807) is 12.1 Å². The summed E-state index contributed by atoms with van der Waals surface area (Å²) < 4.78 is 22.3. The average Bonchev–Trinajstić information content (AvgIpc) is 2.56. The zero-order valence-corrected chi connectivity index (χ0v) is 15.8. The van der Waals surface area contributed by atoms with Crippen molar-refractivity contribution in [2.45, 2.75) is 13.8 Å². The van der Waals surface area contributed by atoms with Crippen LogP contribution in [0.15, 0.2) is 28.7 Å². The number of hydrogen-bond donors (Lipinski definition) is 0. The van der Waals surface area contributed by atoms with E-state index < -0.39 is 5.97 Å². The molecule has 0 atom stereocenters. The Morgan fingerprint density at radius 3 is 1.75 bits per heavy atom. The summed E-state index contributed by atoms with van der Waals surface area (Å²) in [6.45, 7) is 3.77. The van der Waals surface area contributed by atoms with Crippen molar-refractivity contribution < 1.29 is 23.7 Å². The van der Waals surface area contributed by atoms with Gasteiger partial charge in [-0.05, 0) is 49.2 Å². The Morgan fingerprint density at radius 1 is 0.833 bits per heavy atom. The summed E-state index contributed by atoms with van der Waals surface area (Å²) in [4.78, 5) is 12.6. The quantitative estimate of drug-likeness (QED) is 0.558. The molecule has 0 bridgehead atoms. The van der Waals surface area contributed by atoms with Crippen LogP contribution < -0.4 is 18.9 Å². The number of ether oxygens (including phenoxy) is 4. The van der Waals surface area contributed by atoms with Crippen molar-refractivity contribution in [3.8, 4) is 23.0 Å². The van der Waals surface area contributed by atoms with E-state index in [9.17, 15) is 4.79 Å². The number of aryl methyl sites for hydroxylation is 2. The van der Waals surface area contributed by atoms with Crippen LogP contribution in [-0.4, -0.2) is 27.3 Å². The van der Waals surface area contributed by atoms with Crippen molar-refractivity contribution >= 4 is 21.9 Å². The van der Waals surface area contributed by atoms with Gasteiger partial charge in [-0.15, -0.1) is 0 Å². The van der Waals surface area contributed by atoms with Crippen molar-refractivity contribution in [2.75, 3.05) is 21.3 Å². The lowest BCUT2D eigenvalue weighted by Crippen LogP contribution is -2.11. The molecule has 0 aliphatic heterocycles. The zero-order chi connectivity index (χ0) is 17.9. The first-order valence-electron chi connectivity index (χ1n) is 7.20. The number of hydrogen-bond acceptors (Lipinski definition) is 5. The van der Waals surface area contributed by atoms with Gasteiger partial charge in [0, 0.05) is 4.47 Å². The number of rotatable bonds is 5. The fourth-order valence-corrected chi connectivity index (χ4v) is 3.10. The van der Waals surface area contributed by atoms with Gasteiger partial charge in [0.2, 0.25) is 5.75 Å². The van der Waals surface area contributed by atoms with Gasteiger partial charge in [0.25, 0.3) is 0 Å². The van der Waals surface area contributed by atoms with Crippen molar-refractivity contribution in [2.24, 2.45) is 0 Å². The lowest BCUT2D eigenvalue weighted by molar-refractivity contribution is 0.0731. The fourth-order valence-electron chi connectivity index (χ4n) is 2.41. The number of carbonyl (C=O) groups excluding carboxylic acids is 1. The molecular formula is C18H19BrO5. The topological polar surface area (TPSA) is 54.0 Å². The van der Waals surface area contributed by atoms with Gasteiger partial charge in [0.05, 0.1) is 26.9 Å². The molecule has 2 rings (SSSR count). The zero-order valence-electron chi connectivity index (χ0n) is 14.2. The maximum absolute atomic E-state index is 12.6. The van der Waals surface area contributed by atoms with Gasteiger partial charge in [-0.3, -0.25) is 0 Å². The Hall–Kier alpha value is -2.21. The molecule has 0 heterocycles. The highest BCUT2D eigenvalue weighted by Crippen LogP contribution is 2.38. The molecule has 5 nitrogen and oxygen atoms in total. The van der Waals surface area contributed by atoms with Gasteiger partial charge in [-0.1, -0.05) is 15.9 Å². The third-order valence-corrected chi connectivity index (χ3v) is 3.98. The van der Waals surface area contributed by atoms with Crippen LogP contribution in [0, 0.1) is 13.8 Å². The Balaban J connectivity index is 2.40. The lowest BCUT2D eigenvalue weighted by atomic mass is 10.1. The summed E-state index contributed by atoms with van der Waals surface area (Å²) in [5, 5.41) is 0. The van der Waals surface area contributed by atoms with E-state index in [1.807, 2.05) is 26.0 Å². The standard InChI is InChI=1S/C18H19BrO5/c1-10-6-13(19)7-11(2)16(10)24-18(20)12-8-14(21-3)17(23-5)15(9-12)22-4/h6-9H,1-5H3. The van der Waals surface area contributed by atoms with Crippen LogP contribution in [-0.2, 0) is 0 Å². The van der Waals surface area contributed by atoms with E-state index in [1.165, 1.54) is 21.3 Å². The molecule has 0 radical (unpaired) electrons. The highest BCUT2D eigenvalue weighted by Gasteiger charge is 2.19. The van der Waals surface area contributed by atoms with Crippen molar-refractivity contribution in [3.05, 3.63) is 45.4 Å². The molecular weight excluding hydrogens is 376 g/mol. The molecule has 0 amide bonds. The minimum absolute atomic E-state index is 0.311. The van der Waals surface area contributed by atoms with Crippen LogP contribution in [0.4, 0.5) is 0 Å². The highest BCUT2D eigenvalue weighted by molar-refractivity contribution is 9.10. The number of carbonyl (C=O) groups is 1. The maximum atomic E-state index is 12.6. The lowest BCUT2D eigenvalue weighted by Gasteiger charge is -2.15. The van der Waals surface area contributed by atoms with Crippen LogP contribution in [0.3, 0.4) is 0 Å². The van der Waals surface area contributed by atoms with Gasteiger partial charge >= 0.3 is 5.97 Å². The second-order valence-corrected chi connectivity index (χ2v) is 6.09. The second-order valence-electron chi connectivity index (χ2n) is 5.17. The van der Waals surface area contributed by atoms with E-state index in [0.29, 0.717) is 28.6 Å². The number of halogens is 1. The van der Waals surface area contributed by atoms with Crippen LogP contribution in [0.5, 0.6) is 23.0 Å². The van der Waals surface area contributed by atoms with E-state index in [-0.39, 0.29) is 0 Å². The Labute approximate surface area is 149 Å². The Morgan fingerprint density at radius 2 is 1.33 bits per heavy atom. The molecule has 2 aromatic rings. The van der Waals surface area contributed by atoms with E-state index in [4.69, 9.17) is 18.9 Å². The first kappa shape index (κ1) is 18.1.